The molecule has 0 saturated carbocycles. The fourth-order valence-electron chi connectivity index (χ4n) is 3.06. The number of benzene rings is 1. The van der Waals surface area contributed by atoms with Gasteiger partial charge in [-0.2, -0.15) is 4.31 Å². The van der Waals surface area contributed by atoms with Crippen molar-refractivity contribution in [3.8, 4) is 0 Å². The predicted octanol–water partition coefficient (Wildman–Crippen LogP) is 2.81. The molecule has 162 valence electrons. The van der Waals surface area contributed by atoms with Crippen LogP contribution < -0.4 is 10.6 Å². The number of nitrogens with one attached hydrogen (secondary N) is 2. The van der Waals surface area contributed by atoms with E-state index >= 15 is 0 Å². The Morgan fingerprint density at radius 2 is 1.93 bits per heavy atom. The Hall–Kier alpha value is -1.98. The third-order valence-corrected chi connectivity index (χ3v) is 7.88. The smallest absolute Gasteiger partial charge is 0.267 e. The highest BCUT2D eigenvalue weighted by molar-refractivity contribution is 7.89. The first-order valence-electron chi connectivity index (χ1n) is 9.30. The number of halogens is 1. The van der Waals surface area contributed by atoms with Crippen LogP contribution in [0, 0.1) is 0 Å². The van der Waals surface area contributed by atoms with Crippen molar-refractivity contribution in [1.29, 1.82) is 0 Å². The van der Waals surface area contributed by atoms with E-state index in [2.05, 4.69) is 10.6 Å². The molecular formula is C19H22ClN3O5S2. The summed E-state index contributed by atoms with van der Waals surface area (Å²) in [5.74, 6) is -0.900. The van der Waals surface area contributed by atoms with Gasteiger partial charge in [-0.1, -0.05) is 11.6 Å². The number of methoxy groups -OCH3 is 1. The first-order valence-corrected chi connectivity index (χ1v) is 12.0. The second-order valence-corrected chi connectivity index (χ2v) is 9.85. The van der Waals surface area contributed by atoms with Gasteiger partial charge in [0.25, 0.3) is 11.8 Å². The number of rotatable bonds is 8. The summed E-state index contributed by atoms with van der Waals surface area (Å²) in [5, 5.41) is 7.07. The van der Waals surface area contributed by atoms with Gasteiger partial charge in [0, 0.05) is 32.4 Å². The molecule has 0 spiro atoms. The van der Waals surface area contributed by atoms with E-state index in [4.69, 9.17) is 16.3 Å². The third kappa shape index (κ3) is 5.01. The molecular weight excluding hydrogens is 450 g/mol. The van der Waals surface area contributed by atoms with Crippen molar-refractivity contribution in [3.63, 3.8) is 0 Å². The van der Waals surface area contributed by atoms with E-state index in [1.54, 1.807) is 5.38 Å². The van der Waals surface area contributed by atoms with E-state index in [0.29, 0.717) is 31.9 Å². The third-order valence-electron chi connectivity index (χ3n) is 4.58. The highest BCUT2D eigenvalue weighted by Gasteiger charge is 2.31. The van der Waals surface area contributed by atoms with Gasteiger partial charge in [-0.15, -0.1) is 11.3 Å². The minimum Gasteiger partial charge on any atom is -0.383 e. The Balaban J connectivity index is 1.74. The van der Waals surface area contributed by atoms with Gasteiger partial charge in [0.05, 0.1) is 17.2 Å². The van der Waals surface area contributed by atoms with Crippen LogP contribution in [0.1, 0.15) is 32.9 Å². The predicted molar refractivity (Wildman–Crippen MR) is 116 cm³/mol. The number of carbonyl (C=O) groups is 2. The standard InChI is InChI=1S/C19H22ClN3O5S2/c1-28-10-7-21-18(24)14-5-4-13(12-15(14)20)22-19(25)17-16(6-11-29-17)30(26,27)23-8-2-3-9-23/h4-6,11-12H,2-3,7-10H2,1H3,(H,21,24)(H,22,25). The van der Waals surface area contributed by atoms with Crippen molar-refractivity contribution < 1.29 is 22.7 Å². The minimum atomic E-state index is -3.71. The number of hydrogen-bond acceptors (Lipinski definition) is 6. The Labute approximate surface area is 184 Å². The van der Waals surface area contributed by atoms with E-state index in [-0.39, 0.29) is 26.3 Å². The van der Waals surface area contributed by atoms with E-state index in [0.717, 1.165) is 24.2 Å². The number of nitrogens with zero attached hydrogens (tertiary/aromatic N) is 1. The van der Waals surface area contributed by atoms with Crippen LogP contribution in [-0.4, -0.2) is 57.9 Å². The lowest BCUT2D eigenvalue weighted by Gasteiger charge is -2.15. The maximum Gasteiger partial charge on any atom is 0.267 e. The molecule has 1 saturated heterocycles. The van der Waals surface area contributed by atoms with Gasteiger partial charge in [0.2, 0.25) is 10.0 Å². The molecule has 1 aromatic heterocycles. The van der Waals surface area contributed by atoms with E-state index in [1.165, 1.54) is 35.7 Å². The second-order valence-electron chi connectivity index (χ2n) is 6.62. The zero-order valence-corrected chi connectivity index (χ0v) is 18.7. The van der Waals surface area contributed by atoms with Crippen LogP contribution in [0.4, 0.5) is 5.69 Å². The summed E-state index contributed by atoms with van der Waals surface area (Å²) in [6, 6.07) is 5.94. The van der Waals surface area contributed by atoms with Crippen LogP contribution in [0.15, 0.2) is 34.5 Å². The van der Waals surface area contributed by atoms with Crippen LogP contribution in [-0.2, 0) is 14.8 Å². The highest BCUT2D eigenvalue weighted by atomic mass is 35.5. The Bertz CT molecular complexity index is 1030. The summed E-state index contributed by atoms with van der Waals surface area (Å²) >= 11 is 7.25. The fraction of sp³-hybridized carbons (Fsp3) is 0.368. The van der Waals surface area contributed by atoms with Crippen molar-refractivity contribution in [2.24, 2.45) is 0 Å². The molecule has 1 aliphatic heterocycles. The molecule has 3 rings (SSSR count). The van der Waals surface area contributed by atoms with Crippen molar-refractivity contribution >= 4 is 50.5 Å². The van der Waals surface area contributed by atoms with E-state index in [1.807, 2.05) is 0 Å². The van der Waals surface area contributed by atoms with Gasteiger partial charge in [-0.3, -0.25) is 9.59 Å². The quantitative estimate of drug-likeness (QED) is 0.576. The van der Waals surface area contributed by atoms with Gasteiger partial charge in [0.15, 0.2) is 0 Å². The molecule has 0 atom stereocenters. The number of anilines is 1. The molecule has 1 aliphatic rings. The number of sulfonamides is 1. The molecule has 2 aromatic rings. The number of amides is 2. The van der Waals surface area contributed by atoms with Crippen LogP contribution in [0.5, 0.6) is 0 Å². The number of hydrogen-bond donors (Lipinski definition) is 2. The number of carbonyl (C=O) groups excluding carboxylic acids is 2. The Kier molecular flexibility index (Phi) is 7.48. The maximum atomic E-state index is 12.8. The molecule has 0 aliphatic carbocycles. The van der Waals surface area contributed by atoms with Crippen LogP contribution in [0.3, 0.4) is 0 Å². The molecule has 2 heterocycles. The largest absolute Gasteiger partial charge is 0.383 e. The van der Waals surface area contributed by atoms with Gasteiger partial charge < -0.3 is 15.4 Å². The minimum absolute atomic E-state index is 0.00661. The van der Waals surface area contributed by atoms with Gasteiger partial charge >= 0.3 is 0 Å². The fourth-order valence-corrected chi connectivity index (χ4v) is 6.14. The molecule has 2 amide bonds. The maximum absolute atomic E-state index is 12.8. The average Bonchev–Trinajstić information content (AvgIpc) is 3.40. The summed E-state index contributed by atoms with van der Waals surface area (Å²) in [6.07, 6.45) is 1.63. The van der Waals surface area contributed by atoms with Crippen LogP contribution in [0.25, 0.3) is 0 Å². The van der Waals surface area contributed by atoms with Crippen molar-refractivity contribution in [2.75, 3.05) is 38.7 Å². The summed E-state index contributed by atoms with van der Waals surface area (Å²) in [4.78, 5) is 25.0. The zero-order chi connectivity index (χ0) is 21.7. The van der Waals surface area contributed by atoms with Crippen molar-refractivity contribution in [2.45, 2.75) is 17.7 Å². The Morgan fingerprint density at radius 3 is 2.60 bits per heavy atom. The number of thiophene rings is 1. The molecule has 0 unspecified atom stereocenters. The lowest BCUT2D eigenvalue weighted by atomic mass is 10.2. The highest BCUT2D eigenvalue weighted by Crippen LogP contribution is 2.29. The average molecular weight is 472 g/mol. The normalized spacial score (nSPS) is 14.6. The summed E-state index contributed by atoms with van der Waals surface area (Å²) in [5.41, 5.74) is 0.621. The number of ether oxygens (including phenoxy) is 1. The molecule has 0 bridgehead atoms. The molecule has 2 N–H and O–H groups in total. The van der Waals surface area contributed by atoms with Crippen molar-refractivity contribution in [3.05, 3.63) is 45.1 Å². The Morgan fingerprint density at radius 1 is 1.20 bits per heavy atom. The zero-order valence-electron chi connectivity index (χ0n) is 16.3. The van der Waals surface area contributed by atoms with Gasteiger partial charge in [0.1, 0.15) is 9.77 Å². The summed E-state index contributed by atoms with van der Waals surface area (Å²) in [7, 11) is -2.17. The van der Waals surface area contributed by atoms with Gasteiger partial charge in [-0.25, -0.2) is 8.42 Å². The SMILES string of the molecule is COCCNC(=O)c1ccc(NC(=O)c2sccc2S(=O)(=O)N2CCCC2)cc1Cl. The molecule has 0 radical (unpaired) electrons. The van der Waals surface area contributed by atoms with Crippen molar-refractivity contribution in [1.82, 2.24) is 9.62 Å². The molecule has 1 fully saturated rings. The molecule has 11 heteroatoms. The molecule has 8 nitrogen and oxygen atoms in total. The second kappa shape index (κ2) is 9.88. The van der Waals surface area contributed by atoms with Crippen LogP contribution in [0.2, 0.25) is 5.02 Å². The molecule has 1 aromatic carbocycles. The first-order chi connectivity index (χ1) is 14.3. The van der Waals surface area contributed by atoms with E-state index in [9.17, 15) is 18.0 Å². The van der Waals surface area contributed by atoms with E-state index < -0.39 is 15.9 Å². The molecule has 30 heavy (non-hydrogen) atoms. The summed E-state index contributed by atoms with van der Waals surface area (Å²) < 4.78 is 32.0. The topological polar surface area (TPSA) is 105 Å². The summed E-state index contributed by atoms with van der Waals surface area (Å²) in [6.45, 7) is 1.64. The lowest BCUT2D eigenvalue weighted by molar-refractivity contribution is 0.0936. The van der Waals surface area contributed by atoms with Gasteiger partial charge in [-0.05, 0) is 42.5 Å². The lowest BCUT2D eigenvalue weighted by Crippen LogP contribution is -2.29. The monoisotopic (exact) mass is 471 g/mol. The first kappa shape index (κ1) is 22.7. The van der Waals surface area contributed by atoms with Crippen LogP contribution >= 0.6 is 22.9 Å².